The number of anilines is 1. The second-order valence-corrected chi connectivity index (χ2v) is 8.80. The summed E-state index contributed by atoms with van der Waals surface area (Å²) >= 11 is 10.1. The number of hydrogen-bond donors (Lipinski definition) is 1. The SMILES string of the molecule is COc1cc(Cl)c(NC(=O)COc2ccc(C3SCCS3)cc2)cc1OC. The van der Waals surface area contributed by atoms with Gasteiger partial charge in [0.1, 0.15) is 5.75 Å². The molecule has 0 radical (unpaired) electrons. The molecule has 1 saturated heterocycles. The van der Waals surface area contributed by atoms with Gasteiger partial charge in [-0.25, -0.2) is 0 Å². The monoisotopic (exact) mass is 425 g/mol. The average molecular weight is 426 g/mol. The van der Waals surface area contributed by atoms with E-state index in [-0.39, 0.29) is 12.5 Å². The minimum Gasteiger partial charge on any atom is -0.493 e. The zero-order valence-corrected chi connectivity index (χ0v) is 17.4. The minimum atomic E-state index is -0.310. The Hall–Kier alpha value is -1.70. The van der Waals surface area contributed by atoms with Crippen molar-refractivity contribution < 1.29 is 19.0 Å². The fourth-order valence-electron chi connectivity index (χ4n) is 2.56. The maximum absolute atomic E-state index is 12.2. The number of amides is 1. The first kappa shape index (κ1) is 20.0. The summed E-state index contributed by atoms with van der Waals surface area (Å²) in [5, 5.41) is 3.08. The van der Waals surface area contributed by atoms with E-state index in [9.17, 15) is 4.79 Å². The Kier molecular flexibility index (Phi) is 7.04. The molecule has 1 heterocycles. The fraction of sp³-hybridized carbons (Fsp3) is 0.316. The molecule has 27 heavy (non-hydrogen) atoms. The van der Waals surface area contributed by atoms with E-state index in [4.69, 9.17) is 25.8 Å². The molecule has 2 aromatic carbocycles. The van der Waals surface area contributed by atoms with Crippen molar-refractivity contribution in [3.05, 3.63) is 47.0 Å². The van der Waals surface area contributed by atoms with Gasteiger partial charge in [-0.1, -0.05) is 23.7 Å². The summed E-state index contributed by atoms with van der Waals surface area (Å²) in [5.41, 5.74) is 1.71. The van der Waals surface area contributed by atoms with Gasteiger partial charge in [-0.15, -0.1) is 23.5 Å². The van der Waals surface area contributed by atoms with Crippen LogP contribution in [0.3, 0.4) is 0 Å². The average Bonchev–Trinajstić information content (AvgIpc) is 3.23. The molecular weight excluding hydrogens is 406 g/mol. The van der Waals surface area contributed by atoms with Gasteiger partial charge in [0.05, 0.1) is 29.5 Å². The number of nitrogens with one attached hydrogen (secondary N) is 1. The number of hydrogen-bond acceptors (Lipinski definition) is 6. The maximum atomic E-state index is 12.2. The van der Waals surface area contributed by atoms with Crippen LogP contribution in [0.15, 0.2) is 36.4 Å². The van der Waals surface area contributed by atoms with Crippen LogP contribution in [0.1, 0.15) is 10.1 Å². The minimum absolute atomic E-state index is 0.114. The molecule has 8 heteroatoms. The number of thioether (sulfide) groups is 2. The standard InChI is InChI=1S/C19H20ClNO4S2/c1-23-16-9-14(20)15(10-17(16)24-2)21-18(22)11-25-13-5-3-12(4-6-13)19-26-7-8-27-19/h3-6,9-10,19H,7-8,11H2,1-2H3,(H,21,22). The summed E-state index contributed by atoms with van der Waals surface area (Å²) in [6, 6.07) is 11.1. The van der Waals surface area contributed by atoms with Crippen LogP contribution >= 0.6 is 35.1 Å². The lowest BCUT2D eigenvalue weighted by molar-refractivity contribution is -0.118. The number of halogens is 1. The number of methoxy groups -OCH3 is 2. The first-order valence-electron chi connectivity index (χ1n) is 8.28. The zero-order chi connectivity index (χ0) is 19.2. The number of ether oxygens (including phenoxy) is 3. The number of carbonyl (C=O) groups is 1. The predicted molar refractivity (Wildman–Crippen MR) is 113 cm³/mol. The zero-order valence-electron chi connectivity index (χ0n) is 15.0. The molecule has 1 aliphatic heterocycles. The lowest BCUT2D eigenvalue weighted by Crippen LogP contribution is -2.20. The third-order valence-electron chi connectivity index (χ3n) is 3.89. The van der Waals surface area contributed by atoms with Crippen LogP contribution in [-0.4, -0.2) is 38.2 Å². The molecule has 0 spiro atoms. The van der Waals surface area contributed by atoms with Crippen molar-refractivity contribution >= 4 is 46.7 Å². The second-order valence-electron chi connectivity index (χ2n) is 5.67. The first-order valence-corrected chi connectivity index (χ1v) is 10.8. The van der Waals surface area contributed by atoms with E-state index in [2.05, 4.69) is 17.4 Å². The van der Waals surface area contributed by atoms with Gasteiger partial charge in [0.15, 0.2) is 18.1 Å². The number of benzene rings is 2. The smallest absolute Gasteiger partial charge is 0.262 e. The van der Waals surface area contributed by atoms with Crippen LogP contribution in [0.4, 0.5) is 5.69 Å². The van der Waals surface area contributed by atoms with Gasteiger partial charge in [-0.3, -0.25) is 4.79 Å². The highest BCUT2D eigenvalue weighted by Crippen LogP contribution is 2.45. The van der Waals surface area contributed by atoms with Crippen LogP contribution in [0, 0.1) is 0 Å². The molecule has 0 saturated carbocycles. The summed E-state index contributed by atoms with van der Waals surface area (Å²) in [6.07, 6.45) is 0. The van der Waals surface area contributed by atoms with Crippen molar-refractivity contribution in [1.29, 1.82) is 0 Å². The third kappa shape index (κ3) is 5.18. The van der Waals surface area contributed by atoms with E-state index < -0.39 is 0 Å². The molecule has 2 aromatic rings. The highest BCUT2D eigenvalue weighted by atomic mass is 35.5. The van der Waals surface area contributed by atoms with Crippen molar-refractivity contribution in [2.45, 2.75) is 4.58 Å². The quantitative estimate of drug-likeness (QED) is 0.684. The molecule has 1 N–H and O–H groups in total. The Morgan fingerprint density at radius 2 is 1.74 bits per heavy atom. The van der Waals surface area contributed by atoms with Crippen molar-refractivity contribution in [2.24, 2.45) is 0 Å². The lowest BCUT2D eigenvalue weighted by atomic mass is 10.2. The molecule has 0 bridgehead atoms. The summed E-state index contributed by atoms with van der Waals surface area (Å²) in [5.74, 6) is 3.70. The van der Waals surface area contributed by atoms with Crippen LogP contribution in [0.25, 0.3) is 0 Å². The van der Waals surface area contributed by atoms with E-state index in [1.807, 2.05) is 35.7 Å². The van der Waals surface area contributed by atoms with Crippen LogP contribution in [-0.2, 0) is 4.79 Å². The normalized spacial score (nSPS) is 14.0. The summed E-state index contributed by atoms with van der Waals surface area (Å²) in [4.78, 5) is 12.2. The van der Waals surface area contributed by atoms with Crippen LogP contribution in [0.2, 0.25) is 5.02 Å². The van der Waals surface area contributed by atoms with E-state index >= 15 is 0 Å². The van der Waals surface area contributed by atoms with E-state index in [1.165, 1.54) is 31.3 Å². The molecule has 0 unspecified atom stereocenters. The Balaban J connectivity index is 1.56. The Morgan fingerprint density at radius 1 is 1.11 bits per heavy atom. The van der Waals surface area contributed by atoms with Gasteiger partial charge in [0, 0.05) is 23.6 Å². The number of rotatable bonds is 7. The highest BCUT2D eigenvalue weighted by molar-refractivity contribution is 8.19. The molecule has 144 valence electrons. The fourth-order valence-corrected chi connectivity index (χ4v) is 5.62. The molecule has 1 amide bonds. The summed E-state index contributed by atoms with van der Waals surface area (Å²) < 4.78 is 16.5. The molecule has 0 atom stereocenters. The summed E-state index contributed by atoms with van der Waals surface area (Å²) in [7, 11) is 3.04. The largest absolute Gasteiger partial charge is 0.493 e. The van der Waals surface area contributed by atoms with E-state index in [1.54, 1.807) is 12.1 Å². The second kappa shape index (κ2) is 9.48. The Labute approximate surface area is 172 Å². The lowest BCUT2D eigenvalue weighted by Gasteiger charge is -2.13. The van der Waals surface area contributed by atoms with E-state index in [0.29, 0.717) is 32.5 Å². The topological polar surface area (TPSA) is 56.8 Å². The molecule has 0 aromatic heterocycles. The van der Waals surface area contributed by atoms with Crippen molar-refractivity contribution in [3.63, 3.8) is 0 Å². The molecule has 1 aliphatic rings. The third-order valence-corrected chi connectivity index (χ3v) is 7.31. The molecular formula is C19H20ClNO4S2. The highest BCUT2D eigenvalue weighted by Gasteiger charge is 2.18. The van der Waals surface area contributed by atoms with Crippen molar-refractivity contribution in [3.8, 4) is 17.2 Å². The van der Waals surface area contributed by atoms with Gasteiger partial charge in [0.25, 0.3) is 5.91 Å². The van der Waals surface area contributed by atoms with Gasteiger partial charge in [-0.05, 0) is 17.7 Å². The summed E-state index contributed by atoms with van der Waals surface area (Å²) in [6.45, 7) is -0.114. The van der Waals surface area contributed by atoms with Crippen LogP contribution < -0.4 is 19.5 Å². The van der Waals surface area contributed by atoms with Gasteiger partial charge >= 0.3 is 0 Å². The Morgan fingerprint density at radius 3 is 2.37 bits per heavy atom. The Bertz CT molecular complexity index is 795. The molecule has 3 rings (SSSR count). The van der Waals surface area contributed by atoms with Gasteiger partial charge in [0.2, 0.25) is 0 Å². The first-order chi connectivity index (χ1) is 13.1. The van der Waals surface area contributed by atoms with Crippen molar-refractivity contribution in [1.82, 2.24) is 0 Å². The van der Waals surface area contributed by atoms with Gasteiger partial charge < -0.3 is 19.5 Å². The number of carbonyl (C=O) groups excluding carboxylic acids is 1. The van der Waals surface area contributed by atoms with Crippen LogP contribution in [0.5, 0.6) is 17.2 Å². The maximum Gasteiger partial charge on any atom is 0.262 e. The molecule has 1 fully saturated rings. The molecule has 5 nitrogen and oxygen atoms in total. The van der Waals surface area contributed by atoms with Gasteiger partial charge in [-0.2, -0.15) is 0 Å². The predicted octanol–water partition coefficient (Wildman–Crippen LogP) is 4.85. The molecule has 0 aliphatic carbocycles. The van der Waals surface area contributed by atoms with Crippen molar-refractivity contribution in [2.75, 3.05) is 37.6 Å². The van der Waals surface area contributed by atoms with E-state index in [0.717, 1.165) is 0 Å².